The van der Waals surface area contributed by atoms with Gasteiger partial charge in [-0.05, 0) is 100 Å². The van der Waals surface area contributed by atoms with Crippen molar-refractivity contribution < 1.29 is 66.3 Å². The Hall–Kier alpha value is -7.84. The Morgan fingerprint density at radius 1 is 0.914 bits per heavy atom. The zero-order valence-electron chi connectivity index (χ0n) is 44.8. The molecule has 22 nitrogen and oxygen atoms in total. The lowest BCUT2D eigenvalue weighted by Gasteiger charge is -2.39. The molecule has 6 atom stereocenters. The molecule has 1 aromatic heterocycles. The third-order valence-corrected chi connectivity index (χ3v) is 16.1. The zero-order chi connectivity index (χ0) is 58.3. The lowest BCUT2D eigenvalue weighted by molar-refractivity contribution is -0.145. The van der Waals surface area contributed by atoms with Gasteiger partial charge in [-0.1, -0.05) is 60.7 Å². The minimum Gasteiger partial charge on any atom is -0.370 e. The highest BCUT2D eigenvalue weighted by Gasteiger charge is 2.51. The van der Waals surface area contributed by atoms with Crippen molar-refractivity contribution in [3.8, 4) is 11.8 Å². The van der Waals surface area contributed by atoms with Crippen LogP contribution in [0.3, 0.4) is 0 Å². The van der Waals surface area contributed by atoms with E-state index < -0.39 is 90.5 Å². The molecule has 25 heteroatoms. The van der Waals surface area contributed by atoms with Crippen LogP contribution in [-0.4, -0.2) is 151 Å². The number of primary amides is 1. The fraction of sp³-hybridized carbons (Fsp3) is 0.446. The van der Waals surface area contributed by atoms with E-state index in [1.54, 1.807) is 18.2 Å². The van der Waals surface area contributed by atoms with Crippen LogP contribution < -0.4 is 27.0 Å². The number of likely N-dealkylation sites (N-methyl/N-ethyl adjacent to an activating group) is 1. The molecule has 8 rings (SSSR count). The van der Waals surface area contributed by atoms with E-state index in [4.69, 9.17) is 5.73 Å². The fourth-order valence-electron chi connectivity index (χ4n) is 10.9. The molecule has 9 amide bonds. The number of halogens is 2. The summed E-state index contributed by atoms with van der Waals surface area (Å²) >= 11 is 0. The summed E-state index contributed by atoms with van der Waals surface area (Å²) in [6.45, 7) is 0.379. The second kappa shape index (κ2) is 25.3. The van der Waals surface area contributed by atoms with Crippen LogP contribution in [0, 0.1) is 11.8 Å². The second-order valence-electron chi connectivity index (χ2n) is 21.1. The molecule has 0 radical (unpaired) electrons. The highest BCUT2D eigenvalue weighted by Crippen LogP contribution is 2.59. The molecule has 0 spiro atoms. The third-order valence-electron chi connectivity index (χ3n) is 15.1. The van der Waals surface area contributed by atoms with Gasteiger partial charge in [0.05, 0.1) is 6.04 Å². The number of aromatic amines is 1. The summed E-state index contributed by atoms with van der Waals surface area (Å²) in [4.78, 5) is 149. The topological polar surface area (TPSA) is 314 Å². The average molecular weight is 1140 g/mol. The zero-order valence-corrected chi connectivity index (χ0v) is 45.6. The Bertz CT molecular complexity index is 3230. The molecule has 3 unspecified atom stereocenters. The molecular formula is C56H65F2N10O12P. The summed E-state index contributed by atoms with van der Waals surface area (Å²) in [6, 6.07) is 12.6. The number of nitrogens with zero attached hydrogens (tertiary/aromatic N) is 4. The van der Waals surface area contributed by atoms with E-state index in [0.717, 1.165) is 23.8 Å². The number of H-pyrrole nitrogens is 1. The van der Waals surface area contributed by atoms with Crippen molar-refractivity contribution in [1.29, 1.82) is 0 Å². The molecule has 4 aliphatic heterocycles. The molecule has 0 bridgehead atoms. The maximum Gasteiger partial charge on any atom is 0.399 e. The van der Waals surface area contributed by atoms with Crippen LogP contribution in [0.1, 0.15) is 126 Å². The molecule has 0 saturated carbocycles. The largest absolute Gasteiger partial charge is 0.399 e. The number of rotatable bonds is 20. The number of nitrogens with one attached hydrogen (secondary N) is 5. The number of carbonyl (C=O) groups is 9. The van der Waals surface area contributed by atoms with Gasteiger partial charge >= 0.3 is 13.3 Å². The van der Waals surface area contributed by atoms with Crippen LogP contribution in [0.2, 0.25) is 0 Å². The molecule has 430 valence electrons. The van der Waals surface area contributed by atoms with Crippen molar-refractivity contribution in [1.82, 2.24) is 45.9 Å². The van der Waals surface area contributed by atoms with E-state index in [1.807, 2.05) is 49.3 Å². The Balaban J connectivity index is 0.955. The van der Waals surface area contributed by atoms with Crippen molar-refractivity contribution >= 4 is 71.7 Å². The van der Waals surface area contributed by atoms with Gasteiger partial charge in [0.2, 0.25) is 41.4 Å². The van der Waals surface area contributed by atoms with Gasteiger partial charge in [-0.15, -0.1) is 0 Å². The number of alkyl halides is 2. The van der Waals surface area contributed by atoms with Gasteiger partial charge in [0.25, 0.3) is 11.8 Å². The Kier molecular flexibility index (Phi) is 18.5. The maximum atomic E-state index is 15.0. The number of carbonyl (C=O) groups excluding carboxylic acids is 9. The molecule has 9 N–H and O–H groups in total. The highest BCUT2D eigenvalue weighted by molar-refractivity contribution is 7.52. The number of fused-ring (bicyclic) bond motifs is 3. The van der Waals surface area contributed by atoms with Gasteiger partial charge in [0.15, 0.2) is 0 Å². The minimum atomic E-state index is -5.93. The number of hydrogen-bond donors (Lipinski definition) is 8. The SMILES string of the molecule is CN(C)CC(NC(=O)C(CCC(N)=O)NC(=O)[C@@H]1CC[C@@H]2CCN(C(=O)CCCCCC#Cc3cccc4c3CN(C3CCC(=O)NC3=O)C4=O)C[C@H](NC(=O)c3cc4cc(C(F)(F)P(=O)(O)O)ccc4[nH]3)C(=O)N21)c1ccccc1. The minimum absolute atomic E-state index is 0.000870. The lowest BCUT2D eigenvalue weighted by atomic mass is 10.0. The Morgan fingerprint density at radius 2 is 1.68 bits per heavy atom. The van der Waals surface area contributed by atoms with Crippen LogP contribution in [0.25, 0.3) is 10.9 Å². The average Bonchev–Trinajstić information content (AvgIpc) is 4.31. The predicted molar refractivity (Wildman–Crippen MR) is 289 cm³/mol. The predicted octanol–water partition coefficient (Wildman–Crippen LogP) is 3.02. The normalized spacial score (nSPS) is 20.1. The Labute approximate surface area is 465 Å². The Morgan fingerprint density at radius 3 is 2.40 bits per heavy atom. The van der Waals surface area contributed by atoms with Crippen molar-refractivity contribution in [3.63, 3.8) is 0 Å². The molecule has 3 fully saturated rings. The van der Waals surface area contributed by atoms with E-state index >= 15 is 0 Å². The standard InChI is InChI=1S/C56H65F2N10O12P/c1-65(2)31-43(34-13-8-6-9-14-34)62-50(72)41(21-24-47(59)69)61-53(75)46-22-19-37-26-27-66(32-44(55(77)68(37)46)63-51(73)42-29-35-28-36(18-20-40(35)60-42)56(57,58)81(78,79)80)49(71)17-10-5-3-4-7-12-33-15-11-16-38-39(33)30-67(54(38)76)45-23-25-48(70)64-52(45)74/h6,8-9,11,13-16,18,20,28-29,37,41,43-46,60H,3-5,10,17,19,21-27,30-32H2,1-2H3,(H2,59,69)(H,61,75)(H,62,72)(H,63,73)(H,64,70,74)(H2,78,79,80)/t37-,41?,43?,44+,45?,46+/m1/s1. The van der Waals surface area contributed by atoms with Gasteiger partial charge in [0, 0.05) is 85.5 Å². The summed E-state index contributed by atoms with van der Waals surface area (Å²) in [5.41, 5.74) is 2.50. The molecular weight excluding hydrogens is 1070 g/mol. The third kappa shape index (κ3) is 13.8. The monoisotopic (exact) mass is 1140 g/mol. The van der Waals surface area contributed by atoms with E-state index in [9.17, 15) is 66.3 Å². The first-order valence-electron chi connectivity index (χ1n) is 26.8. The summed E-state index contributed by atoms with van der Waals surface area (Å²) in [7, 11) is -2.26. The summed E-state index contributed by atoms with van der Waals surface area (Å²) < 4.78 is 41.1. The van der Waals surface area contributed by atoms with E-state index in [0.29, 0.717) is 55.3 Å². The molecule has 4 aromatic rings. The van der Waals surface area contributed by atoms with E-state index in [2.05, 4.69) is 38.1 Å². The van der Waals surface area contributed by atoms with Gasteiger partial charge < -0.3 is 56.1 Å². The molecule has 5 heterocycles. The van der Waals surface area contributed by atoms with Crippen molar-refractivity contribution in [2.75, 3.05) is 33.7 Å². The van der Waals surface area contributed by atoms with Crippen LogP contribution in [0.4, 0.5) is 8.78 Å². The van der Waals surface area contributed by atoms with Gasteiger partial charge in [-0.3, -0.25) is 53.0 Å². The molecule has 4 aliphatic rings. The number of amides is 9. The van der Waals surface area contributed by atoms with E-state index in [1.165, 1.54) is 20.8 Å². The lowest BCUT2D eigenvalue weighted by Crippen LogP contribution is -2.62. The number of unbranched alkanes of at least 4 members (excludes halogenated alkanes) is 3. The van der Waals surface area contributed by atoms with Crippen LogP contribution in [0.15, 0.2) is 72.8 Å². The molecule has 81 heavy (non-hydrogen) atoms. The number of aromatic nitrogens is 1. The maximum absolute atomic E-state index is 15.0. The quantitative estimate of drug-likeness (QED) is 0.0274. The summed E-state index contributed by atoms with van der Waals surface area (Å²) in [5, 5.41) is 10.7. The summed E-state index contributed by atoms with van der Waals surface area (Å²) in [6.07, 6.45) is 2.88. The first-order valence-corrected chi connectivity index (χ1v) is 28.4. The van der Waals surface area contributed by atoms with Crippen molar-refractivity contribution in [2.24, 2.45) is 5.73 Å². The van der Waals surface area contributed by atoms with Crippen LogP contribution >= 0.6 is 7.60 Å². The van der Waals surface area contributed by atoms with Gasteiger partial charge in [-0.2, -0.15) is 8.78 Å². The molecule has 3 aromatic carbocycles. The van der Waals surface area contributed by atoms with E-state index in [-0.39, 0.29) is 98.9 Å². The molecule has 0 aliphatic carbocycles. The number of benzene rings is 3. The summed E-state index contributed by atoms with van der Waals surface area (Å²) in [5.74, 6) is 1.19. The molecule has 3 saturated heterocycles. The van der Waals surface area contributed by atoms with Crippen LogP contribution in [-0.2, 0) is 50.3 Å². The first kappa shape index (κ1) is 59.3. The van der Waals surface area contributed by atoms with Crippen molar-refractivity contribution in [3.05, 3.63) is 106 Å². The van der Waals surface area contributed by atoms with Gasteiger partial charge in [-0.25, -0.2) is 0 Å². The van der Waals surface area contributed by atoms with Gasteiger partial charge in [0.1, 0.15) is 29.9 Å². The number of hydrogen-bond acceptors (Lipinski definition) is 11. The highest BCUT2D eigenvalue weighted by atomic mass is 31.2. The smallest absolute Gasteiger partial charge is 0.370 e. The fourth-order valence-corrected chi connectivity index (χ4v) is 11.4. The van der Waals surface area contributed by atoms with Crippen molar-refractivity contribution in [2.45, 2.75) is 126 Å². The van der Waals surface area contributed by atoms with Crippen LogP contribution in [0.5, 0.6) is 0 Å². The number of nitrogens with two attached hydrogens (primary N) is 1. The number of piperidine rings is 1. The number of imide groups is 1. The second-order valence-corrected chi connectivity index (χ2v) is 22.8. The first-order chi connectivity index (χ1) is 38.5.